The zero-order valence-electron chi connectivity index (χ0n) is 14.9. The maximum Gasteiger partial charge on any atom is 0.00778 e. The second kappa shape index (κ2) is 5.77. The minimum Gasteiger partial charge on any atom is -0.143 e. The minimum absolute atomic E-state index is 0.101. The Hall–Kier alpha value is -1.21. The molecule has 0 aromatic heterocycles. The molecule has 0 bridgehead atoms. The Labute approximate surface area is 141 Å². The third-order valence-electron chi connectivity index (χ3n) is 4.08. The first-order chi connectivity index (χ1) is 9.98. The van der Waals surface area contributed by atoms with Crippen molar-refractivity contribution in [1.29, 1.82) is 0 Å². The molecular formula is C21H28S. The molecule has 0 aliphatic heterocycles. The molecule has 0 aliphatic rings. The molecule has 2 aromatic rings. The van der Waals surface area contributed by atoms with Gasteiger partial charge in [0.1, 0.15) is 0 Å². The van der Waals surface area contributed by atoms with E-state index in [4.69, 9.17) is 0 Å². The number of thiol groups is 1. The van der Waals surface area contributed by atoms with Crippen LogP contribution in [0.2, 0.25) is 0 Å². The normalized spacial score (nSPS) is 12.5. The minimum atomic E-state index is 0.101. The van der Waals surface area contributed by atoms with Crippen molar-refractivity contribution in [2.75, 3.05) is 0 Å². The fourth-order valence-corrected chi connectivity index (χ4v) is 3.17. The van der Waals surface area contributed by atoms with E-state index in [0.717, 1.165) is 4.90 Å². The fraction of sp³-hybridized carbons (Fsp3) is 0.429. The summed E-state index contributed by atoms with van der Waals surface area (Å²) in [7, 11) is 0. The molecule has 0 atom stereocenters. The quantitative estimate of drug-likeness (QED) is 0.567. The average molecular weight is 313 g/mol. The van der Waals surface area contributed by atoms with Crippen molar-refractivity contribution < 1.29 is 0 Å². The second-order valence-electron chi connectivity index (χ2n) is 8.32. The van der Waals surface area contributed by atoms with Gasteiger partial charge in [-0.3, -0.25) is 0 Å². The van der Waals surface area contributed by atoms with Gasteiger partial charge < -0.3 is 0 Å². The predicted octanol–water partition coefficient (Wildman–Crippen LogP) is 6.55. The van der Waals surface area contributed by atoms with Crippen molar-refractivity contribution in [1.82, 2.24) is 0 Å². The summed E-state index contributed by atoms with van der Waals surface area (Å²) < 4.78 is 0. The summed E-state index contributed by atoms with van der Waals surface area (Å²) in [5.74, 6) is 0. The Morgan fingerprint density at radius 3 is 1.91 bits per heavy atom. The van der Waals surface area contributed by atoms with Gasteiger partial charge in [-0.15, -0.1) is 12.6 Å². The lowest BCUT2D eigenvalue weighted by molar-refractivity contribution is 0.578. The molecule has 0 radical (unpaired) electrons. The lowest BCUT2D eigenvalue weighted by atomic mass is 9.82. The van der Waals surface area contributed by atoms with Gasteiger partial charge in [-0.25, -0.2) is 0 Å². The van der Waals surface area contributed by atoms with Gasteiger partial charge in [0.2, 0.25) is 0 Å². The van der Waals surface area contributed by atoms with Gasteiger partial charge in [-0.1, -0.05) is 71.4 Å². The molecule has 0 saturated heterocycles. The summed E-state index contributed by atoms with van der Waals surface area (Å²) in [4.78, 5) is 1.07. The molecule has 0 saturated carbocycles. The van der Waals surface area contributed by atoms with Crippen molar-refractivity contribution in [3.05, 3.63) is 53.1 Å². The molecule has 0 spiro atoms. The highest BCUT2D eigenvalue weighted by Gasteiger charge is 2.19. The van der Waals surface area contributed by atoms with Crippen LogP contribution in [0.15, 0.2) is 41.3 Å². The molecule has 0 nitrogen and oxygen atoms in total. The SMILES string of the molecule is Cc1cc(-c2ccc(S)c(C(C)(C)C)c2)cc(C(C)(C)C)c1. The maximum absolute atomic E-state index is 4.64. The highest BCUT2D eigenvalue weighted by molar-refractivity contribution is 7.80. The smallest absolute Gasteiger partial charge is 0.00778 e. The van der Waals surface area contributed by atoms with Crippen molar-refractivity contribution in [2.24, 2.45) is 0 Å². The van der Waals surface area contributed by atoms with E-state index in [1.54, 1.807) is 0 Å². The first-order valence-electron chi connectivity index (χ1n) is 7.94. The van der Waals surface area contributed by atoms with E-state index in [2.05, 4.69) is 97.5 Å². The first kappa shape index (κ1) is 17.1. The summed E-state index contributed by atoms with van der Waals surface area (Å²) in [5.41, 5.74) is 6.83. The Kier molecular flexibility index (Phi) is 4.50. The van der Waals surface area contributed by atoms with Gasteiger partial charge >= 0.3 is 0 Å². The van der Waals surface area contributed by atoms with Crippen LogP contribution >= 0.6 is 12.6 Å². The van der Waals surface area contributed by atoms with Gasteiger partial charge in [-0.05, 0) is 52.1 Å². The molecule has 2 aromatic carbocycles. The van der Waals surface area contributed by atoms with E-state index in [-0.39, 0.29) is 10.8 Å². The fourth-order valence-electron chi connectivity index (χ4n) is 2.70. The highest BCUT2D eigenvalue weighted by atomic mass is 32.1. The maximum atomic E-state index is 4.64. The summed E-state index contributed by atoms with van der Waals surface area (Å²) in [5, 5.41) is 0. The number of hydrogen-bond donors (Lipinski definition) is 1. The van der Waals surface area contributed by atoms with Crippen LogP contribution in [0.25, 0.3) is 11.1 Å². The lowest BCUT2D eigenvalue weighted by Gasteiger charge is -2.23. The van der Waals surface area contributed by atoms with Gasteiger partial charge in [-0.2, -0.15) is 0 Å². The van der Waals surface area contributed by atoms with Crippen molar-refractivity contribution >= 4 is 12.6 Å². The van der Waals surface area contributed by atoms with Crippen LogP contribution in [0, 0.1) is 6.92 Å². The molecule has 2 rings (SSSR count). The van der Waals surface area contributed by atoms with E-state index in [1.165, 1.54) is 27.8 Å². The van der Waals surface area contributed by atoms with E-state index in [1.807, 2.05) is 0 Å². The average Bonchev–Trinajstić information content (AvgIpc) is 2.36. The Morgan fingerprint density at radius 1 is 0.727 bits per heavy atom. The second-order valence-corrected chi connectivity index (χ2v) is 8.80. The van der Waals surface area contributed by atoms with Gasteiger partial charge in [0.25, 0.3) is 0 Å². The third-order valence-corrected chi connectivity index (χ3v) is 4.47. The Balaban J connectivity index is 2.60. The molecule has 0 aliphatic carbocycles. The molecule has 118 valence electrons. The van der Waals surface area contributed by atoms with Crippen molar-refractivity contribution in [2.45, 2.75) is 64.2 Å². The van der Waals surface area contributed by atoms with Crippen LogP contribution in [0.1, 0.15) is 58.2 Å². The molecule has 0 heterocycles. The summed E-state index contributed by atoms with van der Waals surface area (Å²) in [6.07, 6.45) is 0. The number of hydrogen-bond acceptors (Lipinski definition) is 1. The van der Waals surface area contributed by atoms with Gasteiger partial charge in [0.15, 0.2) is 0 Å². The molecule has 0 N–H and O–H groups in total. The van der Waals surface area contributed by atoms with E-state index >= 15 is 0 Å². The van der Waals surface area contributed by atoms with Crippen LogP contribution in [0.5, 0.6) is 0 Å². The molecule has 0 fully saturated rings. The molecular weight excluding hydrogens is 284 g/mol. The van der Waals surface area contributed by atoms with Crippen molar-refractivity contribution in [3.8, 4) is 11.1 Å². The van der Waals surface area contributed by atoms with Crippen molar-refractivity contribution in [3.63, 3.8) is 0 Å². The van der Waals surface area contributed by atoms with E-state index in [9.17, 15) is 0 Å². The van der Waals surface area contributed by atoms with E-state index in [0.29, 0.717) is 0 Å². The third kappa shape index (κ3) is 3.76. The zero-order valence-corrected chi connectivity index (χ0v) is 15.8. The molecule has 0 amide bonds. The summed E-state index contributed by atoms with van der Waals surface area (Å²) in [6, 6.07) is 13.5. The zero-order chi connectivity index (χ0) is 16.7. The first-order valence-corrected chi connectivity index (χ1v) is 8.39. The highest BCUT2D eigenvalue weighted by Crippen LogP contribution is 2.34. The molecule has 22 heavy (non-hydrogen) atoms. The van der Waals surface area contributed by atoms with E-state index < -0.39 is 0 Å². The summed E-state index contributed by atoms with van der Waals surface area (Å²) in [6.45, 7) is 15.7. The van der Waals surface area contributed by atoms with Gasteiger partial charge in [0, 0.05) is 4.90 Å². The number of aryl methyl sites for hydroxylation is 1. The van der Waals surface area contributed by atoms with Crippen LogP contribution in [0.4, 0.5) is 0 Å². The standard InChI is InChI=1S/C21H28S/c1-14-10-16(12-17(11-14)20(2,3)4)15-8-9-19(22)18(13-15)21(5,6)7/h8-13,22H,1-7H3. The molecule has 1 heteroatoms. The monoisotopic (exact) mass is 312 g/mol. The van der Waals surface area contributed by atoms with Crippen LogP contribution in [0.3, 0.4) is 0 Å². The van der Waals surface area contributed by atoms with Crippen LogP contribution < -0.4 is 0 Å². The number of benzene rings is 2. The largest absolute Gasteiger partial charge is 0.143 e. The number of rotatable bonds is 1. The lowest BCUT2D eigenvalue weighted by Crippen LogP contribution is -2.13. The molecule has 0 unspecified atom stereocenters. The Morgan fingerprint density at radius 2 is 1.36 bits per heavy atom. The van der Waals surface area contributed by atoms with Crippen LogP contribution in [-0.2, 0) is 10.8 Å². The predicted molar refractivity (Wildman–Crippen MR) is 101 cm³/mol. The van der Waals surface area contributed by atoms with Gasteiger partial charge in [0.05, 0.1) is 0 Å². The Bertz CT molecular complexity index is 682. The summed E-state index contributed by atoms with van der Waals surface area (Å²) >= 11 is 4.64. The topological polar surface area (TPSA) is 0 Å². The van der Waals surface area contributed by atoms with Crippen LogP contribution in [-0.4, -0.2) is 0 Å².